The van der Waals surface area contributed by atoms with Crippen LogP contribution < -0.4 is 4.74 Å². The second-order valence-corrected chi connectivity index (χ2v) is 4.13. The van der Waals surface area contributed by atoms with E-state index in [4.69, 9.17) is 4.74 Å². The third-order valence-electron chi connectivity index (χ3n) is 2.95. The number of nitrogens with zero attached hydrogens (tertiary/aromatic N) is 4. The highest BCUT2D eigenvalue weighted by atomic mass is 16.6. The lowest BCUT2D eigenvalue weighted by Gasteiger charge is -2.10. The van der Waals surface area contributed by atoms with Gasteiger partial charge in [0, 0.05) is 6.07 Å². The largest absolute Gasteiger partial charge is 0.484 e. The number of ether oxygens (including phenoxy) is 1. The first-order valence-electron chi connectivity index (χ1n) is 5.48. The van der Waals surface area contributed by atoms with Crippen molar-refractivity contribution in [2.45, 2.75) is 13.0 Å². The zero-order chi connectivity index (χ0) is 12.7. The summed E-state index contributed by atoms with van der Waals surface area (Å²) in [5.74, 6) is 0.861. The van der Waals surface area contributed by atoms with Crippen LogP contribution in [0.15, 0.2) is 24.5 Å². The number of nitro groups is 1. The van der Waals surface area contributed by atoms with Gasteiger partial charge < -0.3 is 9.30 Å². The van der Waals surface area contributed by atoms with Crippen LogP contribution in [-0.2, 0) is 0 Å². The van der Waals surface area contributed by atoms with Crippen LogP contribution in [0.25, 0.3) is 11.4 Å². The number of rotatable bonds is 1. The molecule has 7 nitrogen and oxygen atoms in total. The van der Waals surface area contributed by atoms with E-state index < -0.39 is 4.92 Å². The Labute approximate surface area is 102 Å². The molecule has 3 rings (SSSR count). The van der Waals surface area contributed by atoms with Crippen LogP contribution in [0.5, 0.6) is 5.75 Å². The fraction of sp³-hybridized carbons (Fsp3) is 0.273. The van der Waals surface area contributed by atoms with Crippen LogP contribution in [0.4, 0.5) is 5.69 Å². The third kappa shape index (κ3) is 1.44. The molecule has 2 aromatic rings. The van der Waals surface area contributed by atoms with E-state index in [2.05, 4.69) is 10.2 Å². The number of aromatic nitrogens is 3. The van der Waals surface area contributed by atoms with E-state index in [1.54, 1.807) is 18.5 Å². The van der Waals surface area contributed by atoms with Gasteiger partial charge >= 0.3 is 5.69 Å². The highest BCUT2D eigenvalue weighted by molar-refractivity contribution is 5.71. The number of para-hydroxylation sites is 1. The van der Waals surface area contributed by atoms with Gasteiger partial charge in [-0.3, -0.25) is 10.1 Å². The van der Waals surface area contributed by atoms with Gasteiger partial charge in [-0.15, -0.1) is 10.2 Å². The molecule has 1 aliphatic heterocycles. The molecule has 0 bridgehead atoms. The summed E-state index contributed by atoms with van der Waals surface area (Å²) in [5, 5.41) is 18.9. The predicted octanol–water partition coefficient (Wildman–Crippen LogP) is 1.81. The van der Waals surface area contributed by atoms with E-state index >= 15 is 0 Å². The van der Waals surface area contributed by atoms with Gasteiger partial charge in [0.25, 0.3) is 0 Å². The molecule has 1 aliphatic rings. The SMILES string of the molecule is CC1COc2c(cccc2[N+](=O)[O-])-c2nncn21. The first-order chi connectivity index (χ1) is 8.68. The lowest BCUT2D eigenvalue weighted by molar-refractivity contribution is -0.385. The summed E-state index contributed by atoms with van der Waals surface area (Å²) >= 11 is 0. The molecule has 2 heterocycles. The molecular weight excluding hydrogens is 236 g/mol. The molecule has 1 aromatic carbocycles. The minimum Gasteiger partial charge on any atom is -0.484 e. The van der Waals surface area contributed by atoms with E-state index in [1.165, 1.54) is 6.07 Å². The van der Waals surface area contributed by atoms with Gasteiger partial charge in [0.1, 0.15) is 12.9 Å². The monoisotopic (exact) mass is 246 g/mol. The van der Waals surface area contributed by atoms with E-state index in [1.807, 2.05) is 11.5 Å². The molecule has 0 saturated carbocycles. The van der Waals surface area contributed by atoms with Crippen LogP contribution in [0.1, 0.15) is 13.0 Å². The van der Waals surface area contributed by atoms with Crippen molar-refractivity contribution in [1.82, 2.24) is 14.8 Å². The Morgan fingerprint density at radius 2 is 2.39 bits per heavy atom. The molecule has 0 aliphatic carbocycles. The Hall–Kier alpha value is -2.44. The molecule has 7 heteroatoms. The summed E-state index contributed by atoms with van der Waals surface area (Å²) < 4.78 is 7.42. The van der Waals surface area contributed by atoms with Crippen LogP contribution in [0.3, 0.4) is 0 Å². The van der Waals surface area contributed by atoms with Crippen molar-refractivity contribution >= 4 is 5.69 Å². The average molecular weight is 246 g/mol. The van der Waals surface area contributed by atoms with Crippen LogP contribution in [0, 0.1) is 10.1 Å². The highest BCUT2D eigenvalue weighted by Crippen LogP contribution is 2.39. The van der Waals surface area contributed by atoms with Crippen molar-refractivity contribution in [1.29, 1.82) is 0 Å². The average Bonchev–Trinajstić information content (AvgIpc) is 2.79. The van der Waals surface area contributed by atoms with E-state index in [9.17, 15) is 10.1 Å². The second kappa shape index (κ2) is 3.80. The van der Waals surface area contributed by atoms with Crippen molar-refractivity contribution in [2.24, 2.45) is 0 Å². The maximum absolute atomic E-state index is 11.0. The van der Waals surface area contributed by atoms with Crippen molar-refractivity contribution < 1.29 is 9.66 Å². The number of hydrogen-bond acceptors (Lipinski definition) is 5. The van der Waals surface area contributed by atoms with Crippen LogP contribution in [0.2, 0.25) is 0 Å². The second-order valence-electron chi connectivity index (χ2n) is 4.13. The highest BCUT2D eigenvalue weighted by Gasteiger charge is 2.27. The van der Waals surface area contributed by atoms with Gasteiger partial charge in [-0.2, -0.15) is 0 Å². The molecule has 18 heavy (non-hydrogen) atoms. The van der Waals surface area contributed by atoms with Crippen molar-refractivity contribution in [3.05, 3.63) is 34.6 Å². The molecule has 1 unspecified atom stereocenters. The Balaban J connectivity index is 2.27. The lowest BCUT2D eigenvalue weighted by atomic mass is 10.1. The summed E-state index contributed by atoms with van der Waals surface area (Å²) in [6.45, 7) is 2.30. The zero-order valence-electron chi connectivity index (χ0n) is 9.61. The minimum atomic E-state index is -0.449. The summed E-state index contributed by atoms with van der Waals surface area (Å²) in [7, 11) is 0. The van der Waals surface area contributed by atoms with Crippen LogP contribution >= 0.6 is 0 Å². The topological polar surface area (TPSA) is 83.1 Å². The Morgan fingerprint density at radius 3 is 3.17 bits per heavy atom. The fourth-order valence-corrected chi connectivity index (χ4v) is 2.04. The van der Waals surface area contributed by atoms with Gasteiger partial charge in [-0.25, -0.2) is 0 Å². The summed E-state index contributed by atoms with van der Waals surface area (Å²) in [4.78, 5) is 10.6. The molecule has 0 amide bonds. The Bertz CT molecular complexity index is 623. The molecule has 0 radical (unpaired) electrons. The fourth-order valence-electron chi connectivity index (χ4n) is 2.04. The normalized spacial score (nSPS) is 17.3. The number of fused-ring (bicyclic) bond motifs is 3. The smallest absolute Gasteiger partial charge is 0.311 e. The molecule has 0 fully saturated rings. The van der Waals surface area contributed by atoms with E-state index in [0.717, 1.165) is 0 Å². The van der Waals surface area contributed by atoms with E-state index in [0.29, 0.717) is 18.0 Å². The van der Waals surface area contributed by atoms with Crippen molar-refractivity contribution in [2.75, 3.05) is 6.61 Å². The summed E-state index contributed by atoms with van der Waals surface area (Å²) in [5.41, 5.74) is 0.558. The molecule has 0 saturated heterocycles. The molecular formula is C11H10N4O3. The summed E-state index contributed by atoms with van der Waals surface area (Å²) in [6, 6.07) is 4.83. The number of hydrogen-bond donors (Lipinski definition) is 0. The summed E-state index contributed by atoms with van der Waals surface area (Å²) in [6.07, 6.45) is 1.61. The van der Waals surface area contributed by atoms with Crippen molar-refractivity contribution in [3.8, 4) is 17.1 Å². The molecule has 92 valence electrons. The minimum absolute atomic E-state index is 0.0296. The first-order valence-corrected chi connectivity index (χ1v) is 5.48. The quantitative estimate of drug-likeness (QED) is 0.566. The van der Waals surface area contributed by atoms with Gasteiger partial charge in [-0.1, -0.05) is 6.07 Å². The standard InChI is InChI=1S/C11H10N4O3/c1-7-5-18-10-8(11-13-12-6-14(7)11)3-2-4-9(10)15(16)17/h2-4,6-7H,5H2,1H3. The first kappa shape index (κ1) is 10.7. The molecule has 0 N–H and O–H groups in total. The number of nitro benzene ring substituents is 1. The van der Waals surface area contributed by atoms with Gasteiger partial charge in [0.2, 0.25) is 5.75 Å². The van der Waals surface area contributed by atoms with Crippen LogP contribution in [-0.4, -0.2) is 26.3 Å². The maximum atomic E-state index is 11.0. The zero-order valence-corrected chi connectivity index (χ0v) is 9.61. The van der Waals surface area contributed by atoms with E-state index in [-0.39, 0.29) is 17.5 Å². The maximum Gasteiger partial charge on any atom is 0.311 e. The molecule has 1 atom stereocenters. The predicted molar refractivity (Wildman–Crippen MR) is 62.3 cm³/mol. The molecule has 0 spiro atoms. The Morgan fingerprint density at radius 1 is 1.56 bits per heavy atom. The van der Waals surface area contributed by atoms with Gasteiger partial charge in [0.05, 0.1) is 16.5 Å². The number of benzene rings is 1. The van der Waals surface area contributed by atoms with Gasteiger partial charge in [-0.05, 0) is 13.0 Å². The lowest BCUT2D eigenvalue weighted by Crippen LogP contribution is -2.11. The van der Waals surface area contributed by atoms with Crippen molar-refractivity contribution in [3.63, 3.8) is 0 Å². The molecule has 1 aromatic heterocycles. The third-order valence-corrected chi connectivity index (χ3v) is 2.95. The Kier molecular flexibility index (Phi) is 2.26. The van der Waals surface area contributed by atoms with Gasteiger partial charge in [0.15, 0.2) is 5.82 Å².